The van der Waals surface area contributed by atoms with Crippen LogP contribution in [0.5, 0.6) is 0 Å². The van der Waals surface area contributed by atoms with Gasteiger partial charge in [-0.1, -0.05) is 37.3 Å². The van der Waals surface area contributed by atoms with Crippen LogP contribution in [0.3, 0.4) is 0 Å². The standard InChI is InChI=1S/C11H17NO/c1-2-11(12-8-9-13)10-6-4-3-5-7-10/h3-7,11-13H,2,8-9H2,1H3. The summed E-state index contributed by atoms with van der Waals surface area (Å²) in [6.45, 7) is 3.00. The number of rotatable bonds is 5. The lowest BCUT2D eigenvalue weighted by atomic mass is 10.1. The summed E-state index contributed by atoms with van der Waals surface area (Å²) >= 11 is 0. The van der Waals surface area contributed by atoms with Crippen molar-refractivity contribution in [3.63, 3.8) is 0 Å². The van der Waals surface area contributed by atoms with Gasteiger partial charge in [-0.15, -0.1) is 0 Å². The smallest absolute Gasteiger partial charge is 0.0556 e. The third-order valence-electron chi connectivity index (χ3n) is 2.11. The maximum absolute atomic E-state index is 8.70. The molecule has 72 valence electrons. The fourth-order valence-corrected chi connectivity index (χ4v) is 1.42. The van der Waals surface area contributed by atoms with E-state index in [1.54, 1.807) is 0 Å². The summed E-state index contributed by atoms with van der Waals surface area (Å²) in [6, 6.07) is 10.7. The van der Waals surface area contributed by atoms with Gasteiger partial charge in [-0.3, -0.25) is 0 Å². The van der Waals surface area contributed by atoms with E-state index in [0.29, 0.717) is 12.6 Å². The Balaban J connectivity index is 2.56. The van der Waals surface area contributed by atoms with Crippen LogP contribution in [0.15, 0.2) is 30.3 Å². The van der Waals surface area contributed by atoms with Crippen LogP contribution >= 0.6 is 0 Å². The quantitative estimate of drug-likeness (QED) is 0.721. The Morgan fingerprint density at radius 3 is 2.54 bits per heavy atom. The Hall–Kier alpha value is -0.860. The molecule has 2 nitrogen and oxygen atoms in total. The molecule has 2 heteroatoms. The van der Waals surface area contributed by atoms with Crippen molar-refractivity contribution in [2.24, 2.45) is 0 Å². The molecule has 1 aromatic rings. The molecule has 13 heavy (non-hydrogen) atoms. The molecule has 1 atom stereocenters. The molecule has 0 aliphatic carbocycles. The van der Waals surface area contributed by atoms with Crippen LogP contribution in [0.4, 0.5) is 0 Å². The van der Waals surface area contributed by atoms with E-state index >= 15 is 0 Å². The highest BCUT2D eigenvalue weighted by Crippen LogP contribution is 2.14. The second-order valence-electron chi connectivity index (χ2n) is 3.05. The SMILES string of the molecule is CCC(NCCO)c1ccccc1. The summed E-state index contributed by atoms with van der Waals surface area (Å²) in [6.07, 6.45) is 1.05. The average molecular weight is 179 g/mol. The maximum atomic E-state index is 8.70. The van der Waals surface area contributed by atoms with Crippen molar-refractivity contribution in [1.29, 1.82) is 0 Å². The Bertz CT molecular complexity index is 223. The summed E-state index contributed by atoms with van der Waals surface area (Å²) in [5.41, 5.74) is 1.29. The van der Waals surface area contributed by atoms with Crippen molar-refractivity contribution in [2.75, 3.05) is 13.2 Å². The predicted molar refractivity (Wildman–Crippen MR) is 54.6 cm³/mol. The van der Waals surface area contributed by atoms with E-state index in [-0.39, 0.29) is 6.61 Å². The monoisotopic (exact) mass is 179 g/mol. The predicted octanol–water partition coefficient (Wildman–Crippen LogP) is 1.72. The number of nitrogens with one attached hydrogen (secondary N) is 1. The zero-order valence-corrected chi connectivity index (χ0v) is 8.03. The van der Waals surface area contributed by atoms with E-state index in [1.165, 1.54) is 5.56 Å². The summed E-state index contributed by atoms with van der Waals surface area (Å²) in [5, 5.41) is 12.0. The molecule has 0 saturated heterocycles. The first-order valence-corrected chi connectivity index (χ1v) is 4.77. The van der Waals surface area contributed by atoms with E-state index < -0.39 is 0 Å². The summed E-state index contributed by atoms with van der Waals surface area (Å²) in [5.74, 6) is 0. The van der Waals surface area contributed by atoms with Gasteiger partial charge in [0.15, 0.2) is 0 Å². The number of aliphatic hydroxyl groups is 1. The number of benzene rings is 1. The first-order valence-electron chi connectivity index (χ1n) is 4.77. The van der Waals surface area contributed by atoms with Crippen LogP contribution in [0.25, 0.3) is 0 Å². The molecule has 0 amide bonds. The highest BCUT2D eigenvalue weighted by atomic mass is 16.3. The summed E-state index contributed by atoms with van der Waals surface area (Å²) < 4.78 is 0. The molecule has 2 N–H and O–H groups in total. The number of aliphatic hydroxyl groups excluding tert-OH is 1. The topological polar surface area (TPSA) is 32.3 Å². The van der Waals surface area contributed by atoms with Crippen molar-refractivity contribution in [1.82, 2.24) is 5.32 Å². The first kappa shape index (κ1) is 10.2. The van der Waals surface area contributed by atoms with Gasteiger partial charge in [0, 0.05) is 12.6 Å². The molecule has 0 heterocycles. The van der Waals surface area contributed by atoms with Crippen LogP contribution in [0.2, 0.25) is 0 Å². The first-order chi connectivity index (χ1) is 6.38. The molecular formula is C11H17NO. The van der Waals surface area contributed by atoms with E-state index in [1.807, 2.05) is 18.2 Å². The van der Waals surface area contributed by atoms with E-state index in [9.17, 15) is 0 Å². The number of hydrogen-bond donors (Lipinski definition) is 2. The van der Waals surface area contributed by atoms with Gasteiger partial charge < -0.3 is 10.4 Å². The molecule has 1 aromatic carbocycles. The average Bonchev–Trinajstić information content (AvgIpc) is 2.21. The van der Waals surface area contributed by atoms with Gasteiger partial charge in [0.25, 0.3) is 0 Å². The highest BCUT2D eigenvalue weighted by molar-refractivity contribution is 5.18. The molecule has 0 bridgehead atoms. The molecule has 0 aliphatic rings. The summed E-state index contributed by atoms with van der Waals surface area (Å²) in [4.78, 5) is 0. The molecule has 1 rings (SSSR count). The molecule has 0 radical (unpaired) electrons. The van der Waals surface area contributed by atoms with Crippen LogP contribution < -0.4 is 5.32 Å². The lowest BCUT2D eigenvalue weighted by molar-refractivity contribution is 0.283. The lowest BCUT2D eigenvalue weighted by Crippen LogP contribution is -2.23. The molecule has 0 aromatic heterocycles. The van der Waals surface area contributed by atoms with Gasteiger partial charge in [-0.25, -0.2) is 0 Å². The second kappa shape index (κ2) is 5.73. The summed E-state index contributed by atoms with van der Waals surface area (Å²) in [7, 11) is 0. The van der Waals surface area contributed by atoms with Crippen LogP contribution in [0.1, 0.15) is 24.9 Å². The Morgan fingerprint density at radius 2 is 2.00 bits per heavy atom. The van der Waals surface area contributed by atoms with Gasteiger partial charge in [0.2, 0.25) is 0 Å². The maximum Gasteiger partial charge on any atom is 0.0556 e. The van der Waals surface area contributed by atoms with E-state index in [0.717, 1.165) is 6.42 Å². The lowest BCUT2D eigenvalue weighted by Gasteiger charge is -2.16. The zero-order chi connectivity index (χ0) is 9.52. The van der Waals surface area contributed by atoms with Crippen molar-refractivity contribution < 1.29 is 5.11 Å². The van der Waals surface area contributed by atoms with Crippen LogP contribution in [-0.2, 0) is 0 Å². The third kappa shape index (κ3) is 3.17. The van der Waals surface area contributed by atoms with Crippen molar-refractivity contribution in [3.05, 3.63) is 35.9 Å². The minimum atomic E-state index is 0.198. The van der Waals surface area contributed by atoms with E-state index in [4.69, 9.17) is 5.11 Å². The Labute approximate surface area is 79.6 Å². The van der Waals surface area contributed by atoms with Crippen LogP contribution in [0, 0.1) is 0 Å². The van der Waals surface area contributed by atoms with Crippen LogP contribution in [-0.4, -0.2) is 18.3 Å². The van der Waals surface area contributed by atoms with Crippen molar-refractivity contribution in [2.45, 2.75) is 19.4 Å². The largest absolute Gasteiger partial charge is 0.395 e. The molecular weight excluding hydrogens is 162 g/mol. The Morgan fingerprint density at radius 1 is 1.31 bits per heavy atom. The van der Waals surface area contributed by atoms with Crippen molar-refractivity contribution in [3.8, 4) is 0 Å². The highest BCUT2D eigenvalue weighted by Gasteiger charge is 2.05. The number of hydrogen-bond acceptors (Lipinski definition) is 2. The molecule has 0 fully saturated rings. The van der Waals surface area contributed by atoms with Gasteiger partial charge in [-0.05, 0) is 12.0 Å². The molecule has 1 unspecified atom stereocenters. The third-order valence-corrected chi connectivity index (χ3v) is 2.11. The second-order valence-corrected chi connectivity index (χ2v) is 3.05. The van der Waals surface area contributed by atoms with Gasteiger partial charge in [0.05, 0.1) is 6.61 Å². The van der Waals surface area contributed by atoms with Crippen molar-refractivity contribution >= 4 is 0 Å². The fourth-order valence-electron chi connectivity index (χ4n) is 1.42. The van der Waals surface area contributed by atoms with Gasteiger partial charge in [-0.2, -0.15) is 0 Å². The molecule has 0 saturated carbocycles. The zero-order valence-electron chi connectivity index (χ0n) is 8.03. The Kier molecular flexibility index (Phi) is 4.50. The minimum Gasteiger partial charge on any atom is -0.395 e. The fraction of sp³-hybridized carbons (Fsp3) is 0.455. The van der Waals surface area contributed by atoms with E-state index in [2.05, 4.69) is 24.4 Å². The minimum absolute atomic E-state index is 0.198. The molecule has 0 spiro atoms. The normalized spacial score (nSPS) is 12.8. The van der Waals surface area contributed by atoms with Gasteiger partial charge in [0.1, 0.15) is 0 Å². The van der Waals surface area contributed by atoms with Gasteiger partial charge >= 0.3 is 0 Å². The molecule has 0 aliphatic heterocycles.